The highest BCUT2D eigenvalue weighted by molar-refractivity contribution is 5.03. The molecular weight excluding hydrogens is 202 g/mol. The third-order valence-corrected chi connectivity index (χ3v) is 3.31. The van der Waals surface area contributed by atoms with E-state index in [9.17, 15) is 5.11 Å². The predicted octanol–water partition coefficient (Wildman–Crippen LogP) is 1.20. The van der Waals surface area contributed by atoms with Gasteiger partial charge in [0.1, 0.15) is 0 Å². The van der Waals surface area contributed by atoms with Crippen molar-refractivity contribution in [2.45, 2.75) is 50.8 Å². The Morgan fingerprint density at radius 2 is 2.25 bits per heavy atom. The zero-order chi connectivity index (χ0) is 11.4. The van der Waals surface area contributed by atoms with E-state index in [1.54, 1.807) is 4.68 Å². The van der Waals surface area contributed by atoms with Gasteiger partial charge >= 0.3 is 0 Å². The van der Waals surface area contributed by atoms with Gasteiger partial charge in [-0.25, -0.2) is 0 Å². The molecule has 0 saturated heterocycles. The van der Waals surface area contributed by atoms with E-state index < -0.39 is 0 Å². The van der Waals surface area contributed by atoms with Gasteiger partial charge in [-0.05, 0) is 12.8 Å². The molecule has 1 aromatic heterocycles. The van der Waals surface area contributed by atoms with E-state index >= 15 is 0 Å². The number of rotatable bonds is 3. The number of nitrogens with zero attached hydrogens (tertiary/aromatic N) is 2. The van der Waals surface area contributed by atoms with E-state index in [-0.39, 0.29) is 12.1 Å². The molecule has 4 nitrogen and oxygen atoms in total. The van der Waals surface area contributed by atoms with Gasteiger partial charge in [-0.1, -0.05) is 19.3 Å². The summed E-state index contributed by atoms with van der Waals surface area (Å²) in [4.78, 5) is 0. The number of hydrogen-bond acceptors (Lipinski definition) is 3. The smallest absolute Gasteiger partial charge is 0.0693 e. The molecule has 0 aliphatic heterocycles. The van der Waals surface area contributed by atoms with Crippen molar-refractivity contribution in [1.82, 2.24) is 15.1 Å². The van der Waals surface area contributed by atoms with Crippen LogP contribution in [0.1, 0.15) is 37.7 Å². The van der Waals surface area contributed by atoms with Gasteiger partial charge in [0.25, 0.3) is 0 Å². The van der Waals surface area contributed by atoms with Gasteiger partial charge in [-0.15, -0.1) is 0 Å². The second-order valence-electron chi connectivity index (χ2n) is 4.72. The Labute approximate surface area is 96.7 Å². The molecule has 1 heterocycles. The lowest BCUT2D eigenvalue weighted by molar-refractivity contribution is 0.119. The van der Waals surface area contributed by atoms with Crippen LogP contribution in [0.2, 0.25) is 0 Å². The molecule has 4 heteroatoms. The molecule has 2 atom stereocenters. The molecule has 0 aromatic carbocycles. The van der Waals surface area contributed by atoms with E-state index in [0.29, 0.717) is 0 Å². The lowest BCUT2D eigenvalue weighted by atomic mass is 10.1. The van der Waals surface area contributed by atoms with Crippen molar-refractivity contribution in [3.63, 3.8) is 0 Å². The molecule has 0 radical (unpaired) electrons. The first-order chi connectivity index (χ1) is 7.75. The second kappa shape index (κ2) is 5.46. The SMILES string of the molecule is Cn1cc(CNC2CCCCCC2O)cn1. The minimum atomic E-state index is -0.181. The standard InChI is InChI=1S/C12H21N3O/c1-15-9-10(8-14-15)7-13-11-5-3-2-4-6-12(11)16/h8-9,11-13,16H,2-7H2,1H3. The fraction of sp³-hybridized carbons (Fsp3) is 0.750. The number of aliphatic hydroxyl groups excluding tert-OH is 1. The summed E-state index contributed by atoms with van der Waals surface area (Å²) in [7, 11) is 1.92. The molecule has 1 saturated carbocycles. The van der Waals surface area contributed by atoms with E-state index in [4.69, 9.17) is 0 Å². The maximum atomic E-state index is 9.95. The first kappa shape index (κ1) is 11.6. The molecule has 0 bridgehead atoms. The summed E-state index contributed by atoms with van der Waals surface area (Å²) in [6.07, 6.45) is 9.35. The Hall–Kier alpha value is -0.870. The van der Waals surface area contributed by atoms with Gasteiger partial charge in [0.2, 0.25) is 0 Å². The first-order valence-electron chi connectivity index (χ1n) is 6.14. The molecule has 2 N–H and O–H groups in total. The Bertz CT molecular complexity index is 324. The van der Waals surface area contributed by atoms with Crippen LogP contribution in [0.4, 0.5) is 0 Å². The molecule has 1 fully saturated rings. The molecule has 1 aromatic rings. The normalized spacial score (nSPS) is 26.6. The van der Waals surface area contributed by atoms with Gasteiger partial charge in [-0.2, -0.15) is 5.10 Å². The van der Waals surface area contributed by atoms with Crippen LogP contribution in [0.5, 0.6) is 0 Å². The summed E-state index contributed by atoms with van der Waals surface area (Å²) in [6, 6.07) is 0.253. The predicted molar refractivity (Wildman–Crippen MR) is 62.9 cm³/mol. The average molecular weight is 223 g/mol. The molecule has 1 aliphatic carbocycles. The topological polar surface area (TPSA) is 50.1 Å². The van der Waals surface area contributed by atoms with Gasteiger partial charge in [0.15, 0.2) is 0 Å². The summed E-state index contributed by atoms with van der Waals surface area (Å²) in [5.41, 5.74) is 1.18. The van der Waals surface area contributed by atoms with Crippen molar-refractivity contribution in [2.24, 2.45) is 7.05 Å². The quantitative estimate of drug-likeness (QED) is 0.757. The fourth-order valence-electron chi connectivity index (χ4n) is 2.34. The Balaban J connectivity index is 1.83. The highest BCUT2D eigenvalue weighted by Crippen LogP contribution is 2.18. The number of nitrogens with one attached hydrogen (secondary N) is 1. The summed E-state index contributed by atoms with van der Waals surface area (Å²) in [5.74, 6) is 0. The van der Waals surface area contributed by atoms with Crippen molar-refractivity contribution in [2.75, 3.05) is 0 Å². The minimum absolute atomic E-state index is 0.181. The van der Waals surface area contributed by atoms with E-state index in [0.717, 1.165) is 25.8 Å². The van der Waals surface area contributed by atoms with Gasteiger partial charge in [0.05, 0.1) is 12.3 Å². The molecular formula is C12H21N3O. The van der Waals surface area contributed by atoms with Crippen LogP contribution in [0, 0.1) is 0 Å². The van der Waals surface area contributed by atoms with Crippen molar-refractivity contribution in [1.29, 1.82) is 0 Å². The zero-order valence-corrected chi connectivity index (χ0v) is 9.89. The fourth-order valence-corrected chi connectivity index (χ4v) is 2.34. The van der Waals surface area contributed by atoms with E-state index in [1.807, 2.05) is 19.4 Å². The Kier molecular flexibility index (Phi) is 3.96. The molecule has 16 heavy (non-hydrogen) atoms. The summed E-state index contributed by atoms with van der Waals surface area (Å²) in [5, 5.41) is 17.5. The first-order valence-corrected chi connectivity index (χ1v) is 6.14. The monoisotopic (exact) mass is 223 g/mol. The molecule has 90 valence electrons. The molecule has 2 rings (SSSR count). The van der Waals surface area contributed by atoms with Crippen molar-refractivity contribution in [3.8, 4) is 0 Å². The zero-order valence-electron chi connectivity index (χ0n) is 9.89. The average Bonchev–Trinajstić information content (AvgIpc) is 2.56. The summed E-state index contributed by atoms with van der Waals surface area (Å²) < 4.78 is 1.81. The van der Waals surface area contributed by atoms with Crippen LogP contribution in [0.25, 0.3) is 0 Å². The number of aromatic nitrogens is 2. The number of hydrogen-bond donors (Lipinski definition) is 2. The van der Waals surface area contributed by atoms with Crippen LogP contribution in [-0.2, 0) is 13.6 Å². The van der Waals surface area contributed by atoms with Crippen LogP contribution in [-0.4, -0.2) is 27.0 Å². The van der Waals surface area contributed by atoms with Gasteiger partial charge in [0, 0.05) is 31.4 Å². The third kappa shape index (κ3) is 3.06. The highest BCUT2D eigenvalue weighted by atomic mass is 16.3. The van der Waals surface area contributed by atoms with E-state index in [2.05, 4.69) is 10.4 Å². The highest BCUT2D eigenvalue weighted by Gasteiger charge is 2.20. The van der Waals surface area contributed by atoms with Crippen LogP contribution in [0.15, 0.2) is 12.4 Å². The molecule has 0 amide bonds. The third-order valence-electron chi connectivity index (χ3n) is 3.31. The van der Waals surface area contributed by atoms with Crippen molar-refractivity contribution in [3.05, 3.63) is 18.0 Å². The molecule has 0 spiro atoms. The minimum Gasteiger partial charge on any atom is -0.392 e. The summed E-state index contributed by atoms with van der Waals surface area (Å²) >= 11 is 0. The van der Waals surface area contributed by atoms with Crippen molar-refractivity contribution >= 4 is 0 Å². The van der Waals surface area contributed by atoms with Crippen LogP contribution >= 0.6 is 0 Å². The Morgan fingerprint density at radius 3 is 3.00 bits per heavy atom. The second-order valence-corrected chi connectivity index (χ2v) is 4.72. The van der Waals surface area contributed by atoms with Crippen molar-refractivity contribution < 1.29 is 5.11 Å². The summed E-state index contributed by atoms with van der Waals surface area (Å²) in [6.45, 7) is 0.801. The maximum Gasteiger partial charge on any atom is 0.0693 e. The lowest BCUT2D eigenvalue weighted by Gasteiger charge is -2.21. The maximum absolute atomic E-state index is 9.95. The largest absolute Gasteiger partial charge is 0.392 e. The number of aliphatic hydroxyl groups is 1. The molecule has 2 unspecified atom stereocenters. The van der Waals surface area contributed by atoms with Crippen LogP contribution in [0.3, 0.4) is 0 Å². The Morgan fingerprint density at radius 1 is 1.44 bits per heavy atom. The van der Waals surface area contributed by atoms with Crippen LogP contribution < -0.4 is 5.32 Å². The van der Waals surface area contributed by atoms with Gasteiger partial charge in [-0.3, -0.25) is 4.68 Å². The number of aryl methyl sites for hydroxylation is 1. The lowest BCUT2D eigenvalue weighted by Crippen LogP contribution is -2.38. The van der Waals surface area contributed by atoms with Gasteiger partial charge < -0.3 is 10.4 Å². The van der Waals surface area contributed by atoms with E-state index in [1.165, 1.54) is 18.4 Å². The molecule has 1 aliphatic rings.